The summed E-state index contributed by atoms with van der Waals surface area (Å²) in [7, 11) is 0. The van der Waals surface area contributed by atoms with E-state index in [1.165, 1.54) is 4.68 Å². The van der Waals surface area contributed by atoms with Crippen molar-refractivity contribution >= 4 is 16.7 Å². The van der Waals surface area contributed by atoms with Crippen LogP contribution in [0.25, 0.3) is 10.8 Å². The molecule has 130 valence electrons. The molecule has 0 aliphatic heterocycles. The normalized spacial score (nSPS) is 10.7. The van der Waals surface area contributed by atoms with Gasteiger partial charge in [0.2, 0.25) is 0 Å². The van der Waals surface area contributed by atoms with Crippen molar-refractivity contribution in [1.82, 2.24) is 15.1 Å². The second kappa shape index (κ2) is 7.19. The van der Waals surface area contributed by atoms with Crippen LogP contribution in [0, 0.1) is 11.3 Å². The van der Waals surface area contributed by atoms with E-state index < -0.39 is 0 Å². The van der Waals surface area contributed by atoms with Crippen molar-refractivity contribution in [3.63, 3.8) is 0 Å². The molecule has 1 amide bonds. The van der Waals surface area contributed by atoms with Gasteiger partial charge in [0.05, 0.1) is 23.1 Å². The van der Waals surface area contributed by atoms with E-state index in [-0.39, 0.29) is 29.7 Å². The molecule has 0 aliphatic carbocycles. The maximum absolute atomic E-state index is 12.7. The molecule has 0 saturated carbocycles. The fourth-order valence-corrected chi connectivity index (χ4v) is 2.74. The molecular formula is C20H18N4O2. The number of nitrogens with zero attached hydrogens (tertiary/aromatic N) is 3. The summed E-state index contributed by atoms with van der Waals surface area (Å²) < 4.78 is 1.33. The lowest BCUT2D eigenvalue weighted by Gasteiger charge is -2.13. The Balaban J connectivity index is 1.96. The smallest absolute Gasteiger partial charge is 0.274 e. The first-order valence-corrected chi connectivity index (χ1v) is 8.30. The zero-order chi connectivity index (χ0) is 18.7. The Labute approximate surface area is 150 Å². The summed E-state index contributed by atoms with van der Waals surface area (Å²) >= 11 is 0. The Hall–Kier alpha value is -3.46. The van der Waals surface area contributed by atoms with Crippen LogP contribution in [0.4, 0.5) is 0 Å². The number of hydrogen-bond donors (Lipinski definition) is 1. The quantitative estimate of drug-likeness (QED) is 0.787. The number of amides is 1. The second-order valence-corrected chi connectivity index (χ2v) is 6.23. The van der Waals surface area contributed by atoms with Crippen LogP contribution < -0.4 is 10.9 Å². The summed E-state index contributed by atoms with van der Waals surface area (Å²) in [5, 5.41) is 17.1. The van der Waals surface area contributed by atoms with Crippen molar-refractivity contribution in [2.24, 2.45) is 0 Å². The first-order valence-electron chi connectivity index (χ1n) is 8.30. The number of aromatic nitrogens is 2. The molecule has 1 aromatic heterocycles. The van der Waals surface area contributed by atoms with Crippen LogP contribution >= 0.6 is 0 Å². The van der Waals surface area contributed by atoms with Crippen molar-refractivity contribution in [3.8, 4) is 6.07 Å². The van der Waals surface area contributed by atoms with Gasteiger partial charge in [0.1, 0.15) is 0 Å². The molecule has 1 N–H and O–H groups in total. The molecule has 0 fully saturated rings. The Kier molecular flexibility index (Phi) is 4.81. The Morgan fingerprint density at radius 3 is 2.62 bits per heavy atom. The summed E-state index contributed by atoms with van der Waals surface area (Å²) in [4.78, 5) is 25.3. The van der Waals surface area contributed by atoms with E-state index >= 15 is 0 Å². The van der Waals surface area contributed by atoms with E-state index in [0.717, 1.165) is 5.56 Å². The maximum Gasteiger partial charge on any atom is 0.274 e. The van der Waals surface area contributed by atoms with Gasteiger partial charge >= 0.3 is 0 Å². The molecule has 0 bridgehead atoms. The number of benzene rings is 2. The van der Waals surface area contributed by atoms with Crippen molar-refractivity contribution in [3.05, 3.63) is 75.7 Å². The van der Waals surface area contributed by atoms with Crippen molar-refractivity contribution < 1.29 is 4.79 Å². The number of fused-ring (bicyclic) bond motifs is 1. The van der Waals surface area contributed by atoms with E-state index in [1.54, 1.807) is 42.5 Å². The highest BCUT2D eigenvalue weighted by Crippen LogP contribution is 2.15. The van der Waals surface area contributed by atoms with E-state index in [9.17, 15) is 9.59 Å². The van der Waals surface area contributed by atoms with Gasteiger partial charge < -0.3 is 5.32 Å². The van der Waals surface area contributed by atoms with Gasteiger partial charge in [-0.3, -0.25) is 9.59 Å². The summed E-state index contributed by atoms with van der Waals surface area (Å²) in [6, 6.07) is 15.9. The van der Waals surface area contributed by atoms with Gasteiger partial charge in [-0.1, -0.05) is 30.3 Å². The zero-order valence-corrected chi connectivity index (χ0v) is 14.6. The molecule has 0 spiro atoms. The van der Waals surface area contributed by atoms with Crippen LogP contribution in [0.15, 0.2) is 53.3 Å². The molecule has 0 atom stereocenters. The average molecular weight is 346 g/mol. The minimum Gasteiger partial charge on any atom is -0.347 e. The van der Waals surface area contributed by atoms with Crippen LogP contribution in [-0.2, 0) is 6.54 Å². The highest BCUT2D eigenvalue weighted by molar-refractivity contribution is 6.04. The fourth-order valence-electron chi connectivity index (χ4n) is 2.74. The summed E-state index contributed by atoms with van der Waals surface area (Å²) in [6.07, 6.45) is 0. The second-order valence-electron chi connectivity index (χ2n) is 6.23. The molecule has 2 aromatic carbocycles. The maximum atomic E-state index is 12.7. The molecule has 3 aromatic rings. The first-order chi connectivity index (χ1) is 12.5. The largest absolute Gasteiger partial charge is 0.347 e. The Morgan fingerprint density at radius 2 is 1.92 bits per heavy atom. The third-order valence-electron chi connectivity index (χ3n) is 4.04. The molecule has 0 unspecified atom stereocenters. The van der Waals surface area contributed by atoms with Gasteiger partial charge in [0.25, 0.3) is 11.5 Å². The zero-order valence-electron chi connectivity index (χ0n) is 14.6. The molecule has 26 heavy (non-hydrogen) atoms. The fraction of sp³-hybridized carbons (Fsp3) is 0.200. The number of carbonyl (C=O) groups excluding carboxylic acids is 1. The lowest BCUT2D eigenvalue weighted by atomic mass is 10.1. The molecule has 3 rings (SSSR count). The Bertz CT molecular complexity index is 1080. The summed E-state index contributed by atoms with van der Waals surface area (Å²) in [5.74, 6) is -0.363. The van der Waals surface area contributed by atoms with Crippen molar-refractivity contribution in [1.29, 1.82) is 5.26 Å². The van der Waals surface area contributed by atoms with Gasteiger partial charge in [-0.05, 0) is 37.6 Å². The summed E-state index contributed by atoms with van der Waals surface area (Å²) in [5.41, 5.74) is 1.35. The third-order valence-corrected chi connectivity index (χ3v) is 4.04. The number of nitriles is 1. The van der Waals surface area contributed by atoms with Crippen LogP contribution in [-0.4, -0.2) is 15.7 Å². The molecule has 0 aliphatic rings. The van der Waals surface area contributed by atoms with Gasteiger partial charge in [0.15, 0.2) is 5.69 Å². The molecule has 6 heteroatoms. The SMILES string of the molecule is CC(C)n1nc(C(=O)NCc2cccc(C#N)c2)c2ccccc2c1=O. The predicted molar refractivity (Wildman–Crippen MR) is 98.7 cm³/mol. The van der Waals surface area contributed by atoms with Crippen molar-refractivity contribution in [2.45, 2.75) is 26.4 Å². The molecule has 1 heterocycles. The molecule has 6 nitrogen and oxygen atoms in total. The van der Waals surface area contributed by atoms with E-state index in [4.69, 9.17) is 5.26 Å². The topological polar surface area (TPSA) is 87.8 Å². The van der Waals surface area contributed by atoms with Gasteiger partial charge in [-0.25, -0.2) is 4.68 Å². The standard InChI is InChI=1S/C20H18N4O2/c1-13(2)24-20(26)17-9-4-3-8-16(17)18(23-24)19(25)22-12-15-7-5-6-14(10-15)11-21/h3-10,13H,12H2,1-2H3,(H,22,25). The van der Waals surface area contributed by atoms with Gasteiger partial charge in [-0.2, -0.15) is 10.4 Å². The van der Waals surface area contributed by atoms with Gasteiger partial charge in [-0.15, -0.1) is 0 Å². The average Bonchev–Trinajstić information content (AvgIpc) is 2.66. The number of nitrogens with one attached hydrogen (secondary N) is 1. The molecular weight excluding hydrogens is 328 g/mol. The number of rotatable bonds is 4. The van der Waals surface area contributed by atoms with Crippen LogP contribution in [0.1, 0.15) is 41.5 Å². The highest BCUT2D eigenvalue weighted by Gasteiger charge is 2.17. The first kappa shape index (κ1) is 17.4. The van der Waals surface area contributed by atoms with E-state index in [1.807, 2.05) is 19.9 Å². The van der Waals surface area contributed by atoms with Crippen LogP contribution in [0.3, 0.4) is 0 Å². The third kappa shape index (κ3) is 3.33. The highest BCUT2D eigenvalue weighted by atomic mass is 16.2. The number of carbonyl (C=O) groups is 1. The lowest BCUT2D eigenvalue weighted by Crippen LogP contribution is -2.31. The molecule has 0 radical (unpaired) electrons. The van der Waals surface area contributed by atoms with Crippen molar-refractivity contribution in [2.75, 3.05) is 0 Å². The van der Waals surface area contributed by atoms with E-state index in [0.29, 0.717) is 16.3 Å². The van der Waals surface area contributed by atoms with Gasteiger partial charge in [0, 0.05) is 11.9 Å². The lowest BCUT2D eigenvalue weighted by molar-refractivity contribution is 0.0945. The summed E-state index contributed by atoms with van der Waals surface area (Å²) in [6.45, 7) is 3.96. The monoisotopic (exact) mass is 346 g/mol. The Morgan fingerprint density at radius 1 is 1.19 bits per heavy atom. The van der Waals surface area contributed by atoms with Crippen LogP contribution in [0.2, 0.25) is 0 Å². The minimum absolute atomic E-state index is 0.161. The minimum atomic E-state index is -0.363. The van der Waals surface area contributed by atoms with E-state index in [2.05, 4.69) is 16.5 Å². The number of hydrogen-bond acceptors (Lipinski definition) is 4. The van der Waals surface area contributed by atoms with Crippen LogP contribution in [0.5, 0.6) is 0 Å². The molecule has 0 saturated heterocycles. The predicted octanol–water partition coefficient (Wildman–Crippen LogP) is 2.78.